The van der Waals surface area contributed by atoms with Gasteiger partial charge >= 0.3 is 5.97 Å². The van der Waals surface area contributed by atoms with E-state index in [1.165, 1.54) is 20.3 Å². The zero-order chi connectivity index (χ0) is 21.5. The summed E-state index contributed by atoms with van der Waals surface area (Å²) in [5.74, 6) is -1.19. The number of ether oxygens (including phenoxy) is 3. The number of ketones is 1. The number of rotatable bonds is 2. The summed E-state index contributed by atoms with van der Waals surface area (Å²) >= 11 is 0. The van der Waals surface area contributed by atoms with Crippen LogP contribution in [-0.2, 0) is 23.8 Å². The largest absolute Gasteiger partial charge is 0.493 e. The minimum absolute atomic E-state index is 0.0131. The topological polar surface area (TPSA) is 102 Å². The number of hydrogen-bond acceptors (Lipinski definition) is 7. The number of carbonyl (C=O) groups is 2. The molecule has 5 unspecified atom stereocenters. The van der Waals surface area contributed by atoms with Crippen LogP contribution < -0.4 is 0 Å². The molecule has 1 aliphatic heterocycles. The third-order valence-corrected chi connectivity index (χ3v) is 8.29. The molecule has 4 aliphatic rings. The van der Waals surface area contributed by atoms with Gasteiger partial charge in [0.2, 0.25) is 5.78 Å². The second kappa shape index (κ2) is 6.15. The number of hydrogen-bond donors (Lipinski definition) is 2. The minimum Gasteiger partial charge on any atom is -0.493 e. The summed E-state index contributed by atoms with van der Waals surface area (Å²) < 4.78 is 16.6. The molecule has 0 aromatic heterocycles. The Labute approximate surface area is 170 Å². The number of allylic oxidation sites excluding steroid dienone is 2. The van der Waals surface area contributed by atoms with E-state index in [2.05, 4.69) is 0 Å². The van der Waals surface area contributed by atoms with E-state index in [-0.39, 0.29) is 23.4 Å². The summed E-state index contributed by atoms with van der Waals surface area (Å²) in [6.07, 6.45) is 0.913. The van der Waals surface area contributed by atoms with Crippen LogP contribution in [-0.4, -0.2) is 60.1 Å². The van der Waals surface area contributed by atoms with Crippen LogP contribution >= 0.6 is 0 Å². The van der Waals surface area contributed by atoms with Crippen molar-refractivity contribution in [3.63, 3.8) is 0 Å². The predicted molar refractivity (Wildman–Crippen MR) is 102 cm³/mol. The van der Waals surface area contributed by atoms with Crippen molar-refractivity contribution >= 4 is 11.8 Å². The second-order valence-corrected chi connectivity index (χ2v) is 9.59. The number of aliphatic hydroxyl groups excluding tert-OH is 1. The van der Waals surface area contributed by atoms with Crippen LogP contribution in [0.25, 0.3) is 0 Å². The molecule has 3 aliphatic carbocycles. The van der Waals surface area contributed by atoms with Gasteiger partial charge in [0.05, 0.1) is 13.2 Å². The van der Waals surface area contributed by atoms with Gasteiger partial charge < -0.3 is 24.4 Å². The Hall–Kier alpha value is -1.70. The molecule has 4 rings (SSSR count). The molecule has 2 saturated carbocycles. The molecule has 9 atom stereocenters. The van der Waals surface area contributed by atoms with Crippen molar-refractivity contribution in [2.75, 3.05) is 14.2 Å². The van der Waals surface area contributed by atoms with Gasteiger partial charge in [-0.1, -0.05) is 20.8 Å². The number of methoxy groups -OCH3 is 2. The Balaban J connectivity index is 2.00. The highest BCUT2D eigenvalue weighted by Gasteiger charge is 2.73. The first-order chi connectivity index (χ1) is 13.4. The SMILES string of the molecule is COC1=CC(C)C2C[C@H]3OC(=O)C=C4[C@](C)(O)C(OC)C(O)C([C@@]2(C)C1=O)[C@]43C. The summed E-state index contributed by atoms with van der Waals surface area (Å²) in [7, 11) is 2.89. The molecule has 7 heteroatoms. The fourth-order valence-corrected chi connectivity index (χ4v) is 7.09. The Morgan fingerprint density at radius 2 is 1.83 bits per heavy atom. The summed E-state index contributed by atoms with van der Waals surface area (Å²) in [4.78, 5) is 26.0. The predicted octanol–water partition coefficient (Wildman–Crippen LogP) is 1.38. The highest BCUT2D eigenvalue weighted by molar-refractivity contribution is 6.00. The molecule has 160 valence electrons. The van der Waals surface area contributed by atoms with E-state index in [4.69, 9.17) is 14.2 Å². The van der Waals surface area contributed by atoms with Crippen LogP contribution in [0.1, 0.15) is 34.1 Å². The lowest BCUT2D eigenvalue weighted by atomic mass is 9.39. The van der Waals surface area contributed by atoms with Crippen molar-refractivity contribution in [3.8, 4) is 0 Å². The van der Waals surface area contributed by atoms with E-state index in [0.29, 0.717) is 12.0 Å². The number of carbonyl (C=O) groups excluding carboxylic acids is 2. The van der Waals surface area contributed by atoms with Gasteiger partial charge in [0.1, 0.15) is 17.8 Å². The van der Waals surface area contributed by atoms with Gasteiger partial charge in [-0.3, -0.25) is 4.79 Å². The van der Waals surface area contributed by atoms with Gasteiger partial charge in [-0.05, 0) is 36.8 Å². The smallest absolute Gasteiger partial charge is 0.331 e. The average molecular weight is 406 g/mol. The van der Waals surface area contributed by atoms with Crippen molar-refractivity contribution < 1.29 is 34.0 Å². The van der Waals surface area contributed by atoms with Crippen molar-refractivity contribution in [3.05, 3.63) is 23.5 Å². The summed E-state index contributed by atoms with van der Waals surface area (Å²) in [6.45, 7) is 7.32. The molecule has 1 heterocycles. The third kappa shape index (κ3) is 2.29. The molecular weight excluding hydrogens is 376 g/mol. The minimum atomic E-state index is -1.58. The maximum absolute atomic E-state index is 13.6. The van der Waals surface area contributed by atoms with Crippen LogP contribution in [0.3, 0.4) is 0 Å². The monoisotopic (exact) mass is 406 g/mol. The number of fused-ring (bicyclic) bond motifs is 2. The van der Waals surface area contributed by atoms with Crippen LogP contribution in [0, 0.1) is 28.6 Å². The van der Waals surface area contributed by atoms with E-state index in [1.807, 2.05) is 26.8 Å². The van der Waals surface area contributed by atoms with E-state index in [0.717, 1.165) is 0 Å². The fraction of sp³-hybridized carbons (Fsp3) is 0.727. The van der Waals surface area contributed by atoms with E-state index >= 15 is 0 Å². The zero-order valence-corrected chi connectivity index (χ0v) is 17.8. The van der Waals surface area contributed by atoms with Gasteiger partial charge in [0.25, 0.3) is 0 Å². The lowest BCUT2D eigenvalue weighted by molar-refractivity contribution is -0.251. The Morgan fingerprint density at radius 3 is 2.41 bits per heavy atom. The fourth-order valence-electron chi connectivity index (χ4n) is 7.09. The van der Waals surface area contributed by atoms with Crippen molar-refractivity contribution in [2.45, 2.75) is 58.0 Å². The molecule has 0 spiro atoms. The summed E-state index contributed by atoms with van der Waals surface area (Å²) in [5, 5.41) is 22.8. The normalized spacial score (nSPS) is 51.3. The standard InChI is InChI=1S/C22H30O7/c1-10-7-12(27-5)18(25)20(2)11(10)8-14-21(3)13(9-15(23)29-14)22(4,26)19(28-6)16(24)17(20)21/h7,9-11,14,16-17,19,24,26H,8H2,1-6H3/t10?,11?,14-,16?,17?,19?,20+,21-,22+/m1/s1. The summed E-state index contributed by atoms with van der Waals surface area (Å²) in [6, 6.07) is 0. The molecule has 2 N–H and O–H groups in total. The molecule has 2 fully saturated rings. The second-order valence-electron chi connectivity index (χ2n) is 9.59. The Bertz CT molecular complexity index is 827. The first-order valence-corrected chi connectivity index (χ1v) is 10.1. The Kier molecular flexibility index (Phi) is 4.37. The zero-order valence-electron chi connectivity index (χ0n) is 17.8. The van der Waals surface area contributed by atoms with E-state index in [1.54, 1.807) is 6.92 Å². The molecule has 0 aromatic carbocycles. The quantitative estimate of drug-likeness (QED) is 0.668. The van der Waals surface area contributed by atoms with Crippen molar-refractivity contribution in [2.24, 2.45) is 28.6 Å². The van der Waals surface area contributed by atoms with Crippen molar-refractivity contribution in [1.29, 1.82) is 0 Å². The molecule has 0 radical (unpaired) electrons. The average Bonchev–Trinajstić information content (AvgIpc) is 2.63. The maximum Gasteiger partial charge on any atom is 0.331 e. The van der Waals surface area contributed by atoms with Crippen LogP contribution in [0.5, 0.6) is 0 Å². The molecule has 29 heavy (non-hydrogen) atoms. The molecular formula is C22H30O7. The van der Waals surface area contributed by atoms with Gasteiger partial charge in [0.15, 0.2) is 5.76 Å². The van der Waals surface area contributed by atoms with Crippen LogP contribution in [0.15, 0.2) is 23.5 Å². The third-order valence-electron chi connectivity index (χ3n) is 8.29. The number of aliphatic hydroxyl groups is 2. The van der Waals surface area contributed by atoms with Gasteiger partial charge in [-0.15, -0.1) is 0 Å². The lowest BCUT2D eigenvalue weighted by Crippen LogP contribution is -2.74. The summed E-state index contributed by atoms with van der Waals surface area (Å²) in [5.41, 5.74) is -3.01. The molecule has 0 amide bonds. The van der Waals surface area contributed by atoms with Crippen LogP contribution in [0.4, 0.5) is 0 Å². The highest BCUT2D eigenvalue weighted by atomic mass is 16.5. The first kappa shape index (κ1) is 20.6. The van der Waals surface area contributed by atoms with Gasteiger partial charge in [-0.25, -0.2) is 4.79 Å². The van der Waals surface area contributed by atoms with Gasteiger partial charge in [0, 0.05) is 29.9 Å². The highest BCUT2D eigenvalue weighted by Crippen LogP contribution is 2.68. The number of esters is 1. The first-order valence-electron chi connectivity index (χ1n) is 10.1. The molecule has 0 bridgehead atoms. The number of Topliss-reactive ketones (excluding diaryl/α,β-unsaturated/α-hetero) is 1. The van der Waals surface area contributed by atoms with E-state index < -0.39 is 46.6 Å². The molecule has 0 aromatic rings. The van der Waals surface area contributed by atoms with E-state index in [9.17, 15) is 19.8 Å². The van der Waals surface area contributed by atoms with Gasteiger partial charge in [-0.2, -0.15) is 0 Å². The van der Waals surface area contributed by atoms with Crippen LogP contribution in [0.2, 0.25) is 0 Å². The van der Waals surface area contributed by atoms with Crippen molar-refractivity contribution in [1.82, 2.24) is 0 Å². The maximum atomic E-state index is 13.6. The lowest BCUT2D eigenvalue weighted by Gasteiger charge is -2.67. The molecule has 7 nitrogen and oxygen atoms in total. The molecule has 0 saturated heterocycles. The Morgan fingerprint density at radius 1 is 1.17 bits per heavy atom.